The molecule has 0 radical (unpaired) electrons. The van der Waals surface area contributed by atoms with Crippen molar-refractivity contribution in [2.75, 3.05) is 26.9 Å². The lowest BCUT2D eigenvalue weighted by atomic mass is 9.92. The Morgan fingerprint density at radius 3 is 2.22 bits per heavy atom. The van der Waals surface area contributed by atoms with Gasteiger partial charge in [0.25, 0.3) is 0 Å². The van der Waals surface area contributed by atoms with Crippen LogP contribution in [-0.2, 0) is 0 Å². The highest BCUT2D eigenvalue weighted by atomic mass is 16.5. The van der Waals surface area contributed by atoms with Crippen LogP contribution in [0.25, 0.3) is 0 Å². The molecule has 1 rings (SSSR count). The van der Waals surface area contributed by atoms with Gasteiger partial charge < -0.3 is 20.3 Å². The van der Waals surface area contributed by atoms with E-state index in [1.165, 1.54) is 0 Å². The van der Waals surface area contributed by atoms with Gasteiger partial charge in [-0.15, -0.1) is 0 Å². The van der Waals surface area contributed by atoms with Gasteiger partial charge in [0.2, 0.25) is 0 Å². The Morgan fingerprint density at radius 2 is 1.78 bits per heavy atom. The van der Waals surface area contributed by atoms with E-state index in [4.69, 9.17) is 4.74 Å². The highest BCUT2D eigenvalue weighted by Gasteiger charge is 2.22. The summed E-state index contributed by atoms with van der Waals surface area (Å²) in [5, 5.41) is 21.8. The quantitative estimate of drug-likeness (QED) is 0.686. The predicted molar refractivity (Wildman–Crippen MR) is 71.7 cm³/mol. The van der Waals surface area contributed by atoms with E-state index >= 15 is 0 Å². The topological polar surface area (TPSA) is 61.7 Å². The van der Waals surface area contributed by atoms with Crippen LogP contribution in [0.3, 0.4) is 0 Å². The molecule has 0 aromatic heterocycles. The number of rotatable bonds is 7. The summed E-state index contributed by atoms with van der Waals surface area (Å²) in [6.45, 7) is 4.39. The van der Waals surface area contributed by atoms with E-state index in [0.717, 1.165) is 11.3 Å². The van der Waals surface area contributed by atoms with Crippen molar-refractivity contribution in [3.63, 3.8) is 0 Å². The number of aliphatic hydroxyl groups excluding tert-OH is 2. The number of benzene rings is 1. The van der Waals surface area contributed by atoms with Crippen molar-refractivity contribution in [2.45, 2.75) is 19.9 Å². The number of hydrogen-bond acceptors (Lipinski definition) is 4. The Kier molecular flexibility index (Phi) is 5.59. The van der Waals surface area contributed by atoms with Gasteiger partial charge in [-0.05, 0) is 24.6 Å². The molecular weight excluding hydrogens is 230 g/mol. The van der Waals surface area contributed by atoms with Gasteiger partial charge in [0.1, 0.15) is 5.75 Å². The minimum Gasteiger partial charge on any atom is -0.497 e. The second-order valence-corrected chi connectivity index (χ2v) is 5.00. The van der Waals surface area contributed by atoms with Crippen LogP contribution in [0.4, 0.5) is 0 Å². The summed E-state index contributed by atoms with van der Waals surface area (Å²) in [6, 6.07) is 8.01. The van der Waals surface area contributed by atoms with Crippen LogP contribution in [0.5, 0.6) is 5.75 Å². The SMILES string of the molecule is COc1ccc(C(C)NCC(C)(CO)CO)cc1. The first kappa shape index (κ1) is 15.0. The van der Waals surface area contributed by atoms with Crippen molar-refractivity contribution in [3.8, 4) is 5.75 Å². The summed E-state index contributed by atoms with van der Waals surface area (Å²) in [4.78, 5) is 0. The molecule has 0 spiro atoms. The molecule has 0 saturated heterocycles. The van der Waals surface area contributed by atoms with E-state index in [-0.39, 0.29) is 19.3 Å². The maximum atomic E-state index is 9.22. The van der Waals surface area contributed by atoms with Gasteiger partial charge in [0.15, 0.2) is 0 Å². The number of hydrogen-bond donors (Lipinski definition) is 3. The first-order valence-electron chi connectivity index (χ1n) is 6.14. The maximum Gasteiger partial charge on any atom is 0.118 e. The zero-order valence-electron chi connectivity index (χ0n) is 11.3. The summed E-state index contributed by atoms with van der Waals surface area (Å²) < 4.78 is 5.11. The molecule has 0 aliphatic heterocycles. The standard InChI is InChI=1S/C14H23NO3/c1-11(15-8-14(2,9-16)10-17)12-4-6-13(18-3)7-5-12/h4-7,11,15-17H,8-10H2,1-3H3. The highest BCUT2D eigenvalue weighted by Crippen LogP contribution is 2.19. The third-order valence-electron chi connectivity index (χ3n) is 3.21. The van der Waals surface area contributed by atoms with Crippen molar-refractivity contribution in [1.82, 2.24) is 5.32 Å². The monoisotopic (exact) mass is 253 g/mol. The van der Waals surface area contributed by atoms with E-state index < -0.39 is 5.41 Å². The number of methoxy groups -OCH3 is 1. The number of aliphatic hydroxyl groups is 2. The maximum absolute atomic E-state index is 9.22. The third kappa shape index (κ3) is 3.98. The molecule has 0 saturated carbocycles. The average Bonchev–Trinajstić information content (AvgIpc) is 2.44. The second kappa shape index (κ2) is 6.73. The van der Waals surface area contributed by atoms with Crippen molar-refractivity contribution >= 4 is 0 Å². The summed E-state index contributed by atoms with van der Waals surface area (Å²) in [6.07, 6.45) is 0. The lowest BCUT2D eigenvalue weighted by Crippen LogP contribution is -2.38. The van der Waals surface area contributed by atoms with Gasteiger partial charge in [-0.25, -0.2) is 0 Å². The van der Waals surface area contributed by atoms with Gasteiger partial charge in [-0.2, -0.15) is 0 Å². The molecule has 0 aliphatic carbocycles. The molecule has 0 bridgehead atoms. The Hall–Kier alpha value is -1.10. The van der Waals surface area contributed by atoms with Gasteiger partial charge in [-0.1, -0.05) is 19.1 Å². The van der Waals surface area contributed by atoms with Crippen molar-refractivity contribution in [3.05, 3.63) is 29.8 Å². The molecule has 4 heteroatoms. The van der Waals surface area contributed by atoms with Crippen LogP contribution in [0.15, 0.2) is 24.3 Å². The zero-order chi connectivity index (χ0) is 13.6. The Morgan fingerprint density at radius 1 is 1.22 bits per heavy atom. The molecule has 0 heterocycles. The molecule has 18 heavy (non-hydrogen) atoms. The van der Waals surface area contributed by atoms with Gasteiger partial charge >= 0.3 is 0 Å². The Labute approximate surface area is 109 Å². The van der Waals surface area contributed by atoms with E-state index in [9.17, 15) is 10.2 Å². The first-order valence-corrected chi connectivity index (χ1v) is 6.14. The van der Waals surface area contributed by atoms with Crippen molar-refractivity contribution < 1.29 is 14.9 Å². The van der Waals surface area contributed by atoms with Crippen LogP contribution >= 0.6 is 0 Å². The van der Waals surface area contributed by atoms with Crippen LogP contribution in [0.2, 0.25) is 0 Å². The van der Waals surface area contributed by atoms with E-state index in [0.29, 0.717) is 6.54 Å². The molecule has 102 valence electrons. The van der Waals surface area contributed by atoms with Crippen molar-refractivity contribution in [2.24, 2.45) is 5.41 Å². The second-order valence-electron chi connectivity index (χ2n) is 5.00. The van der Waals surface area contributed by atoms with Crippen LogP contribution in [0.1, 0.15) is 25.5 Å². The fraction of sp³-hybridized carbons (Fsp3) is 0.571. The zero-order valence-corrected chi connectivity index (χ0v) is 11.3. The molecule has 0 fully saturated rings. The van der Waals surface area contributed by atoms with Crippen LogP contribution in [-0.4, -0.2) is 37.1 Å². The van der Waals surface area contributed by atoms with Gasteiger partial charge in [-0.3, -0.25) is 0 Å². The largest absolute Gasteiger partial charge is 0.497 e. The van der Waals surface area contributed by atoms with E-state index in [2.05, 4.69) is 12.2 Å². The summed E-state index contributed by atoms with van der Waals surface area (Å²) in [5.41, 5.74) is 0.662. The summed E-state index contributed by atoms with van der Waals surface area (Å²) in [7, 11) is 1.64. The summed E-state index contributed by atoms with van der Waals surface area (Å²) >= 11 is 0. The molecule has 0 aliphatic rings. The minimum atomic E-state index is -0.485. The van der Waals surface area contributed by atoms with Crippen LogP contribution in [0, 0.1) is 5.41 Å². The van der Waals surface area contributed by atoms with Crippen molar-refractivity contribution in [1.29, 1.82) is 0 Å². The normalized spacial score (nSPS) is 13.4. The predicted octanol–water partition coefficient (Wildman–Crippen LogP) is 1.34. The van der Waals surface area contributed by atoms with Crippen LogP contribution < -0.4 is 10.1 Å². The van der Waals surface area contributed by atoms with E-state index in [1.54, 1.807) is 7.11 Å². The highest BCUT2D eigenvalue weighted by molar-refractivity contribution is 5.28. The molecule has 3 N–H and O–H groups in total. The first-order chi connectivity index (χ1) is 8.54. The molecule has 4 nitrogen and oxygen atoms in total. The third-order valence-corrected chi connectivity index (χ3v) is 3.21. The molecule has 1 aromatic carbocycles. The summed E-state index contributed by atoms with van der Waals surface area (Å²) in [5.74, 6) is 0.835. The minimum absolute atomic E-state index is 0.0359. The fourth-order valence-electron chi connectivity index (χ4n) is 1.57. The van der Waals surface area contributed by atoms with Gasteiger partial charge in [0.05, 0.1) is 20.3 Å². The smallest absolute Gasteiger partial charge is 0.118 e. The number of nitrogens with one attached hydrogen (secondary N) is 1. The molecule has 1 aromatic rings. The Bertz CT molecular complexity index is 347. The molecule has 1 unspecified atom stereocenters. The van der Waals surface area contributed by atoms with E-state index in [1.807, 2.05) is 31.2 Å². The Balaban J connectivity index is 2.56. The lowest BCUT2D eigenvalue weighted by Gasteiger charge is -2.27. The fourth-order valence-corrected chi connectivity index (χ4v) is 1.57. The number of ether oxygens (including phenoxy) is 1. The molecular formula is C14H23NO3. The average molecular weight is 253 g/mol. The van der Waals surface area contributed by atoms with Gasteiger partial charge in [0, 0.05) is 18.0 Å². The molecule has 0 amide bonds. The lowest BCUT2D eigenvalue weighted by molar-refractivity contribution is 0.0677. The molecule has 1 atom stereocenters.